The van der Waals surface area contributed by atoms with Crippen LogP contribution in [0.5, 0.6) is 0 Å². The first-order chi connectivity index (χ1) is 19.2. The Bertz CT molecular complexity index is 1400. The number of thioether (sulfide) groups is 1. The molecule has 1 unspecified atom stereocenters. The first kappa shape index (κ1) is 30.8. The van der Waals surface area contributed by atoms with Crippen molar-refractivity contribution in [1.82, 2.24) is 15.2 Å². The van der Waals surface area contributed by atoms with Crippen molar-refractivity contribution < 1.29 is 14.4 Å². The van der Waals surface area contributed by atoms with E-state index in [1.807, 2.05) is 61.5 Å². The molecule has 2 amide bonds. The van der Waals surface area contributed by atoms with Gasteiger partial charge in [-0.25, -0.2) is 4.98 Å². The summed E-state index contributed by atoms with van der Waals surface area (Å²) in [6.45, 7) is 2.38. The Labute approximate surface area is 254 Å². The summed E-state index contributed by atoms with van der Waals surface area (Å²) in [4.78, 5) is 51.0. The fraction of sp³-hybridized carbons (Fsp3) is 0.414. The number of carbonyl (C=O) groups is 3. The molecule has 3 aromatic rings. The monoisotopic (exact) mass is 614 g/mol. The number of hydrogen-bond donors (Lipinski definition) is 3. The van der Waals surface area contributed by atoms with Gasteiger partial charge in [0.25, 0.3) is 0 Å². The molecule has 0 bridgehead atoms. The first-order valence-electron chi connectivity index (χ1n) is 13.5. The molecule has 5 N–H and O–H groups in total. The molecule has 41 heavy (non-hydrogen) atoms. The standard InChI is InChI=1S/C29H34N6O3S2.ClH/c1-29-14-13-19(16-18-8-3-2-4-9-18)27(38)35(29)22(17-39-29)25(37)33-21(11-7-15-32-28(30)31)24(36)26-34-20-10-5-6-12-23(20)40-26;/h2-6,8-10,12,19,21-22H,7,11,13-17H2,1H3,(H,33,37)(H4,30,31,32);1H/t19-,21?,22-,29-;/m0./s1. The normalized spacial score (nSPS) is 22.5. The van der Waals surface area contributed by atoms with Gasteiger partial charge in [-0.15, -0.1) is 35.5 Å². The maximum Gasteiger partial charge on any atom is 0.244 e. The second-order valence-electron chi connectivity index (χ2n) is 10.5. The number of amides is 2. The lowest BCUT2D eigenvalue weighted by molar-refractivity contribution is -0.149. The van der Waals surface area contributed by atoms with Crippen molar-refractivity contribution in [2.45, 2.75) is 56.0 Å². The number of Topliss-reactive ketones (excluding diaryl/α,β-unsaturated/α-hetero) is 1. The van der Waals surface area contributed by atoms with Crippen molar-refractivity contribution >= 4 is 69.3 Å². The van der Waals surface area contributed by atoms with E-state index >= 15 is 0 Å². The zero-order chi connectivity index (χ0) is 28.3. The molecule has 0 spiro atoms. The van der Waals surface area contributed by atoms with Crippen LogP contribution < -0.4 is 16.8 Å². The largest absolute Gasteiger partial charge is 0.370 e. The molecule has 2 aromatic carbocycles. The van der Waals surface area contributed by atoms with E-state index in [4.69, 9.17) is 11.5 Å². The Morgan fingerprint density at radius 2 is 1.90 bits per heavy atom. The predicted molar refractivity (Wildman–Crippen MR) is 167 cm³/mol. The zero-order valence-electron chi connectivity index (χ0n) is 22.8. The average molecular weight is 615 g/mol. The minimum absolute atomic E-state index is 0. The summed E-state index contributed by atoms with van der Waals surface area (Å²) in [6, 6.07) is 16.1. The summed E-state index contributed by atoms with van der Waals surface area (Å²) < 4.78 is 0.905. The molecule has 5 rings (SSSR count). The quantitative estimate of drug-likeness (QED) is 0.137. The number of guanidine groups is 1. The van der Waals surface area contributed by atoms with Crippen LogP contribution in [-0.4, -0.2) is 62.7 Å². The third kappa shape index (κ3) is 6.85. The maximum absolute atomic E-state index is 13.8. The molecular formula is C29H35ClN6O3S2. The highest BCUT2D eigenvalue weighted by Crippen LogP contribution is 2.47. The lowest BCUT2D eigenvalue weighted by atomic mass is 9.86. The van der Waals surface area contributed by atoms with E-state index in [0.29, 0.717) is 36.6 Å². The van der Waals surface area contributed by atoms with Crippen LogP contribution >= 0.6 is 35.5 Å². The Hall–Kier alpha value is -3.15. The lowest BCUT2D eigenvalue weighted by Gasteiger charge is -2.44. The van der Waals surface area contributed by atoms with Crippen LogP contribution in [0.3, 0.4) is 0 Å². The molecule has 12 heteroatoms. The van der Waals surface area contributed by atoms with Gasteiger partial charge in [0.05, 0.1) is 21.1 Å². The van der Waals surface area contributed by atoms with Crippen molar-refractivity contribution in [3.63, 3.8) is 0 Å². The number of carbonyl (C=O) groups excluding carboxylic acids is 3. The van der Waals surface area contributed by atoms with Gasteiger partial charge in [-0.1, -0.05) is 42.5 Å². The zero-order valence-corrected chi connectivity index (χ0v) is 25.3. The molecule has 218 valence electrons. The molecule has 2 saturated heterocycles. The van der Waals surface area contributed by atoms with Crippen molar-refractivity contribution in [2.75, 3.05) is 12.3 Å². The summed E-state index contributed by atoms with van der Waals surface area (Å²) in [5, 5.41) is 3.33. The fourth-order valence-electron chi connectivity index (χ4n) is 5.52. The van der Waals surface area contributed by atoms with Crippen LogP contribution in [0, 0.1) is 5.92 Å². The SMILES string of the molecule is C[C@]12CC[C@@H](Cc3ccccc3)C(=O)N1[C@H](C(=O)NC(CCCN=C(N)N)C(=O)c1nc3ccccc3s1)CS2.Cl. The number of benzene rings is 2. The Morgan fingerprint density at radius 3 is 2.63 bits per heavy atom. The number of halogens is 1. The highest BCUT2D eigenvalue weighted by atomic mass is 35.5. The summed E-state index contributed by atoms with van der Waals surface area (Å²) in [5.74, 6) is -0.268. The van der Waals surface area contributed by atoms with Crippen LogP contribution in [0.1, 0.15) is 48.0 Å². The van der Waals surface area contributed by atoms with E-state index in [2.05, 4.69) is 15.3 Å². The van der Waals surface area contributed by atoms with Crippen molar-refractivity contribution in [1.29, 1.82) is 0 Å². The van der Waals surface area contributed by atoms with Gasteiger partial charge in [0, 0.05) is 18.2 Å². The Balaban J connectivity index is 0.00000387. The van der Waals surface area contributed by atoms with Crippen molar-refractivity contribution in [2.24, 2.45) is 22.4 Å². The van der Waals surface area contributed by atoms with Gasteiger partial charge < -0.3 is 21.7 Å². The van der Waals surface area contributed by atoms with Gasteiger partial charge in [0.15, 0.2) is 11.0 Å². The van der Waals surface area contributed by atoms with Gasteiger partial charge in [-0.3, -0.25) is 19.4 Å². The highest BCUT2D eigenvalue weighted by molar-refractivity contribution is 8.00. The minimum Gasteiger partial charge on any atom is -0.370 e. The Morgan fingerprint density at radius 1 is 1.17 bits per heavy atom. The predicted octanol–water partition coefficient (Wildman–Crippen LogP) is 3.75. The van der Waals surface area contributed by atoms with Crippen molar-refractivity contribution in [3.8, 4) is 0 Å². The molecule has 0 saturated carbocycles. The van der Waals surface area contributed by atoms with Crippen LogP contribution in [0.2, 0.25) is 0 Å². The van der Waals surface area contributed by atoms with E-state index < -0.39 is 17.0 Å². The number of ketones is 1. The van der Waals surface area contributed by atoms with E-state index in [0.717, 1.165) is 28.6 Å². The number of aromatic nitrogens is 1. The third-order valence-electron chi connectivity index (χ3n) is 7.63. The summed E-state index contributed by atoms with van der Waals surface area (Å²) in [5.41, 5.74) is 12.8. The number of nitrogens with zero attached hydrogens (tertiary/aromatic N) is 3. The Kier molecular flexibility index (Phi) is 9.93. The van der Waals surface area contributed by atoms with E-state index in [1.165, 1.54) is 11.3 Å². The number of nitrogens with one attached hydrogen (secondary N) is 1. The van der Waals surface area contributed by atoms with Crippen LogP contribution in [0.15, 0.2) is 59.6 Å². The number of nitrogens with two attached hydrogens (primary N) is 2. The molecule has 0 aliphatic carbocycles. The molecule has 9 nitrogen and oxygen atoms in total. The number of piperidine rings is 1. The van der Waals surface area contributed by atoms with Gasteiger partial charge >= 0.3 is 0 Å². The maximum atomic E-state index is 13.8. The average Bonchev–Trinajstić information content (AvgIpc) is 3.54. The van der Waals surface area contributed by atoms with Crippen LogP contribution in [0.4, 0.5) is 0 Å². The van der Waals surface area contributed by atoms with Gasteiger partial charge in [-0.05, 0) is 56.7 Å². The summed E-state index contributed by atoms with van der Waals surface area (Å²) in [6.07, 6.45) is 3.09. The molecule has 4 atom stereocenters. The third-order valence-corrected chi connectivity index (χ3v) is 10.2. The smallest absolute Gasteiger partial charge is 0.244 e. The van der Waals surface area contributed by atoms with Gasteiger partial charge in [0.1, 0.15) is 6.04 Å². The van der Waals surface area contributed by atoms with Crippen molar-refractivity contribution in [3.05, 3.63) is 65.2 Å². The van der Waals surface area contributed by atoms with E-state index in [9.17, 15) is 14.4 Å². The van der Waals surface area contributed by atoms with Gasteiger partial charge in [0.2, 0.25) is 17.6 Å². The number of para-hydroxylation sites is 1. The fourth-order valence-corrected chi connectivity index (χ4v) is 7.92. The molecule has 2 fully saturated rings. The van der Waals surface area contributed by atoms with Crippen LogP contribution in [0.25, 0.3) is 10.2 Å². The number of aliphatic imine (C=N–C) groups is 1. The second kappa shape index (κ2) is 13.2. The first-order valence-corrected chi connectivity index (χ1v) is 15.3. The second-order valence-corrected chi connectivity index (χ2v) is 13.0. The molecule has 2 aliphatic heterocycles. The van der Waals surface area contributed by atoms with E-state index in [-0.39, 0.29) is 41.9 Å². The highest BCUT2D eigenvalue weighted by Gasteiger charge is 2.53. The molecular weight excluding hydrogens is 580 g/mol. The number of rotatable bonds is 10. The molecule has 1 aromatic heterocycles. The van der Waals surface area contributed by atoms with Gasteiger partial charge in [-0.2, -0.15) is 0 Å². The topological polar surface area (TPSA) is 144 Å². The van der Waals surface area contributed by atoms with Crippen LogP contribution in [-0.2, 0) is 16.0 Å². The van der Waals surface area contributed by atoms with E-state index in [1.54, 1.807) is 16.7 Å². The number of thiazole rings is 1. The molecule has 0 radical (unpaired) electrons. The molecule has 2 aliphatic rings. The number of hydrogen-bond acceptors (Lipinski definition) is 7. The minimum atomic E-state index is -0.806. The lowest BCUT2D eigenvalue weighted by Crippen LogP contribution is -2.59. The summed E-state index contributed by atoms with van der Waals surface area (Å²) in [7, 11) is 0. The summed E-state index contributed by atoms with van der Waals surface area (Å²) >= 11 is 2.95. The molecule has 3 heterocycles. The number of fused-ring (bicyclic) bond motifs is 2.